The number of fused-ring (bicyclic) bond motifs is 9. The van der Waals surface area contributed by atoms with Gasteiger partial charge in [-0.3, -0.25) is 4.98 Å². The summed E-state index contributed by atoms with van der Waals surface area (Å²) in [6.45, 7) is 5.07. The van der Waals surface area contributed by atoms with E-state index in [0.717, 1.165) is 28.7 Å². The lowest BCUT2D eigenvalue weighted by Gasteiger charge is -2.61. The highest BCUT2D eigenvalue weighted by Crippen LogP contribution is 2.70. The zero-order chi connectivity index (χ0) is 40.9. The van der Waals surface area contributed by atoms with Crippen LogP contribution in [0.15, 0.2) is 146 Å². The zero-order valence-electron chi connectivity index (χ0n) is 34.9. The summed E-state index contributed by atoms with van der Waals surface area (Å²) in [5.74, 6) is 4.94. The van der Waals surface area contributed by atoms with Gasteiger partial charge in [0, 0.05) is 42.9 Å². The topological polar surface area (TPSA) is 51.6 Å². The number of benzene rings is 6. The van der Waals surface area contributed by atoms with E-state index >= 15 is 0 Å². The van der Waals surface area contributed by atoms with Crippen molar-refractivity contribution in [2.75, 3.05) is 0 Å². The first-order valence-corrected chi connectivity index (χ1v) is 26.4. The second-order valence-corrected chi connectivity index (χ2v) is 24.8. The quantitative estimate of drug-likeness (QED) is 0.166. The van der Waals surface area contributed by atoms with Crippen molar-refractivity contribution in [2.24, 2.45) is 23.7 Å². The molecule has 4 heterocycles. The predicted octanol–water partition coefficient (Wildman–Crippen LogP) is 12.8. The minimum Gasteiger partial charge on any atom is -0.253 e. The van der Waals surface area contributed by atoms with Gasteiger partial charge in [-0.2, -0.15) is 0 Å². The molecule has 4 saturated carbocycles. The maximum atomic E-state index is 5.37. The summed E-state index contributed by atoms with van der Waals surface area (Å²) in [5.41, 5.74) is 14.4. The molecule has 1 spiro atoms. The summed E-state index contributed by atoms with van der Waals surface area (Å²) in [6.07, 6.45) is 8.56. The Kier molecular flexibility index (Phi) is 7.30. The highest BCUT2D eigenvalue weighted by molar-refractivity contribution is 7.25. The molecule has 0 N–H and O–H groups in total. The molecule has 4 nitrogen and oxygen atoms in total. The van der Waals surface area contributed by atoms with Crippen molar-refractivity contribution in [2.45, 2.75) is 50.6 Å². The van der Waals surface area contributed by atoms with E-state index < -0.39 is 8.07 Å². The van der Waals surface area contributed by atoms with Crippen LogP contribution in [0.4, 0.5) is 0 Å². The number of nitrogens with zero attached hydrogens (tertiary/aromatic N) is 4. The monoisotopic (exact) mass is 832 g/mol. The lowest BCUT2D eigenvalue weighted by Crippen LogP contribution is -2.55. The summed E-state index contributed by atoms with van der Waals surface area (Å²) in [7, 11) is -1.85. The molecule has 6 heteroatoms. The van der Waals surface area contributed by atoms with Gasteiger partial charge in [-0.15, -0.1) is 11.3 Å². The molecule has 298 valence electrons. The van der Waals surface area contributed by atoms with Crippen molar-refractivity contribution in [1.82, 2.24) is 19.9 Å². The lowest BCUT2D eigenvalue weighted by atomic mass is 9.43. The van der Waals surface area contributed by atoms with Crippen molar-refractivity contribution in [1.29, 1.82) is 0 Å². The van der Waals surface area contributed by atoms with Gasteiger partial charge in [0.2, 0.25) is 0 Å². The number of aromatic nitrogens is 4. The Hall–Kier alpha value is -6.08. The first-order valence-electron chi connectivity index (χ1n) is 22.5. The molecule has 3 aromatic heterocycles. The van der Waals surface area contributed by atoms with Crippen molar-refractivity contribution < 1.29 is 0 Å². The summed E-state index contributed by atoms with van der Waals surface area (Å²) >= 11 is 1.83. The average Bonchev–Trinajstić information content (AvgIpc) is 3.91. The molecule has 62 heavy (non-hydrogen) atoms. The van der Waals surface area contributed by atoms with Gasteiger partial charge in [0.15, 0.2) is 17.5 Å². The minimum atomic E-state index is -1.85. The molecule has 0 unspecified atom stereocenters. The van der Waals surface area contributed by atoms with Crippen LogP contribution in [0.3, 0.4) is 0 Å². The summed E-state index contributed by atoms with van der Waals surface area (Å²) in [4.78, 5) is 20.5. The Balaban J connectivity index is 0.992. The largest absolute Gasteiger partial charge is 0.253 e. The van der Waals surface area contributed by atoms with Gasteiger partial charge < -0.3 is 0 Å². The highest BCUT2D eigenvalue weighted by atomic mass is 32.1. The number of hydrogen-bond donors (Lipinski definition) is 0. The summed E-state index contributed by atoms with van der Waals surface area (Å²) in [6, 6.07) is 52.3. The molecule has 9 aromatic rings. The average molecular weight is 833 g/mol. The fraction of sp³-hybridized carbons (Fsp3) is 0.214. The number of thiophene rings is 1. The first-order chi connectivity index (χ1) is 30.4. The molecular formula is C56H44N4SSi. The van der Waals surface area contributed by atoms with Crippen LogP contribution in [0.1, 0.15) is 43.2 Å². The lowest BCUT2D eigenvalue weighted by molar-refractivity contribution is -0.0399. The van der Waals surface area contributed by atoms with E-state index in [2.05, 4.69) is 134 Å². The van der Waals surface area contributed by atoms with Gasteiger partial charge in [-0.1, -0.05) is 110 Å². The highest BCUT2D eigenvalue weighted by Gasteiger charge is 2.62. The van der Waals surface area contributed by atoms with Crippen molar-refractivity contribution in [3.63, 3.8) is 0 Å². The van der Waals surface area contributed by atoms with E-state index in [-0.39, 0.29) is 5.41 Å². The smallest absolute Gasteiger partial charge is 0.182 e. The third-order valence-electron chi connectivity index (χ3n) is 16.0. The van der Waals surface area contributed by atoms with E-state index in [4.69, 9.17) is 19.9 Å². The van der Waals surface area contributed by atoms with E-state index in [0.29, 0.717) is 29.3 Å². The maximum absolute atomic E-state index is 5.37. The Morgan fingerprint density at radius 1 is 0.500 bits per heavy atom. The summed E-state index contributed by atoms with van der Waals surface area (Å²) < 4.78 is 2.56. The number of hydrogen-bond acceptors (Lipinski definition) is 5. The van der Waals surface area contributed by atoms with Crippen molar-refractivity contribution in [3.05, 3.63) is 157 Å². The van der Waals surface area contributed by atoms with Crippen LogP contribution in [-0.2, 0) is 5.41 Å². The molecule has 6 aliphatic rings. The zero-order valence-corrected chi connectivity index (χ0v) is 36.7. The fourth-order valence-corrected chi connectivity index (χ4v) is 17.9. The SMILES string of the molecule is C[Si]1(C)c2ccccc2-c2c(-c3cccc4c3-c3ccc(-c5nc(-c6ccc7sc8ccccc8c7c6)nc(-c6ccccn6)n5)cc3C43C4CC5CC(C4)CC3C5)cccc21. The molecular weight excluding hydrogens is 789 g/mol. The molecule has 6 aromatic carbocycles. The van der Waals surface area contributed by atoms with Crippen LogP contribution >= 0.6 is 11.3 Å². The maximum Gasteiger partial charge on any atom is 0.182 e. The van der Waals surface area contributed by atoms with Gasteiger partial charge in [-0.05, 0) is 153 Å². The standard InChI is InChI=1S/C56H44N4SSi/c1-62(2)49-18-6-4-12-42(49)52-40(14-10-19-50(52)62)39-13-9-15-44-51(39)41-22-20-35(31-45(41)56(44)36-26-32-25-33(28-36)29-37(56)27-32)54-58-53(59-55(60-54)46-16-7-8-24-57-46)34-21-23-48-43(30-34)38-11-3-5-17-47(38)61-48/h3-24,30-33,36-37H,25-29H2,1-2H3. The molecule has 4 bridgehead atoms. The molecule has 15 rings (SSSR count). The van der Waals surface area contributed by atoms with E-state index in [9.17, 15) is 0 Å². The molecule has 0 radical (unpaired) electrons. The predicted molar refractivity (Wildman–Crippen MR) is 258 cm³/mol. The van der Waals surface area contributed by atoms with Crippen LogP contribution in [0.25, 0.3) is 87.8 Å². The second kappa shape index (κ2) is 12.7. The fourth-order valence-electron chi connectivity index (χ4n) is 13.7. The van der Waals surface area contributed by atoms with Gasteiger partial charge >= 0.3 is 0 Å². The van der Waals surface area contributed by atoms with Crippen LogP contribution in [0, 0.1) is 23.7 Å². The molecule has 0 saturated heterocycles. The first kappa shape index (κ1) is 35.5. The van der Waals surface area contributed by atoms with Gasteiger partial charge in [0.25, 0.3) is 0 Å². The molecule has 1 aliphatic heterocycles. The number of pyridine rings is 1. The summed E-state index contributed by atoms with van der Waals surface area (Å²) in [5, 5.41) is 5.62. The molecule has 0 amide bonds. The van der Waals surface area contributed by atoms with Crippen molar-refractivity contribution in [3.8, 4) is 67.7 Å². The van der Waals surface area contributed by atoms with E-state index in [1.807, 2.05) is 35.7 Å². The van der Waals surface area contributed by atoms with Crippen LogP contribution in [0.5, 0.6) is 0 Å². The molecule has 4 fully saturated rings. The van der Waals surface area contributed by atoms with E-state index in [1.165, 1.54) is 91.2 Å². The van der Waals surface area contributed by atoms with Gasteiger partial charge in [-0.25, -0.2) is 15.0 Å². The number of rotatable bonds is 4. The van der Waals surface area contributed by atoms with E-state index in [1.54, 1.807) is 15.9 Å². The normalized spacial score (nSPS) is 23.2. The third-order valence-corrected chi connectivity index (χ3v) is 20.7. The molecule has 5 aliphatic carbocycles. The van der Waals surface area contributed by atoms with Crippen LogP contribution in [0.2, 0.25) is 13.1 Å². The Morgan fingerprint density at radius 2 is 1.15 bits per heavy atom. The molecule has 0 atom stereocenters. The second-order valence-electron chi connectivity index (χ2n) is 19.4. The van der Waals surface area contributed by atoms with Gasteiger partial charge in [0.05, 0.1) is 0 Å². The Morgan fingerprint density at radius 3 is 1.95 bits per heavy atom. The Labute approximate surface area is 366 Å². The van der Waals surface area contributed by atoms with Crippen molar-refractivity contribution >= 4 is 50.0 Å². The third kappa shape index (κ3) is 4.77. The minimum absolute atomic E-state index is 0.0291. The van der Waals surface area contributed by atoms with Crippen LogP contribution < -0.4 is 10.4 Å². The Bertz CT molecular complexity index is 3340. The van der Waals surface area contributed by atoms with Gasteiger partial charge in [0.1, 0.15) is 13.8 Å². The van der Waals surface area contributed by atoms with Crippen LogP contribution in [-0.4, -0.2) is 28.0 Å².